The van der Waals surface area contributed by atoms with E-state index in [1.54, 1.807) is 38.1 Å². The maximum atomic E-state index is 13.0. The van der Waals surface area contributed by atoms with Crippen molar-refractivity contribution in [1.29, 1.82) is 0 Å². The van der Waals surface area contributed by atoms with Gasteiger partial charge in [-0.3, -0.25) is 9.59 Å². The molecule has 0 saturated heterocycles. The van der Waals surface area contributed by atoms with E-state index < -0.39 is 12.0 Å². The van der Waals surface area contributed by atoms with E-state index in [0.29, 0.717) is 51.6 Å². The van der Waals surface area contributed by atoms with Gasteiger partial charge in [0.2, 0.25) is 17.6 Å². The van der Waals surface area contributed by atoms with Crippen molar-refractivity contribution in [3.05, 3.63) is 46.3 Å². The van der Waals surface area contributed by atoms with E-state index in [-0.39, 0.29) is 18.2 Å². The van der Waals surface area contributed by atoms with E-state index in [9.17, 15) is 14.4 Å². The quantitative estimate of drug-likeness (QED) is 0.224. The lowest BCUT2D eigenvalue weighted by Crippen LogP contribution is -2.38. The number of hydrogen-bond acceptors (Lipinski definition) is 10. The molecule has 0 radical (unpaired) electrons. The van der Waals surface area contributed by atoms with E-state index >= 15 is 0 Å². The van der Waals surface area contributed by atoms with Crippen LogP contribution in [-0.4, -0.2) is 59.1 Å². The molecule has 0 saturated carbocycles. The van der Waals surface area contributed by atoms with Gasteiger partial charge in [0.1, 0.15) is 4.88 Å². The van der Waals surface area contributed by atoms with E-state index in [4.69, 9.17) is 9.26 Å². The number of esters is 1. The number of hydrogen-bond donors (Lipinski definition) is 3. The average Bonchev–Trinajstić information content (AvgIpc) is 3.47. The summed E-state index contributed by atoms with van der Waals surface area (Å²) in [7, 11) is 1.85. The van der Waals surface area contributed by atoms with Gasteiger partial charge in [-0.15, -0.1) is 0 Å². The minimum absolute atomic E-state index is 0.0490. The van der Waals surface area contributed by atoms with Gasteiger partial charge in [-0.2, -0.15) is 4.98 Å². The van der Waals surface area contributed by atoms with E-state index in [1.807, 2.05) is 14.0 Å². The summed E-state index contributed by atoms with van der Waals surface area (Å²) in [4.78, 5) is 46.9. The molecular formula is C25H32N6O5S. The van der Waals surface area contributed by atoms with Gasteiger partial charge < -0.3 is 25.2 Å². The number of benzene rings is 1. The maximum absolute atomic E-state index is 13.0. The molecule has 1 aromatic carbocycles. The standard InChI is InChI=1S/C25H32N6O5S/c1-5-12-35-24(34)21-15(2)27-25(37-21)30-20(32)14-19(10-7-11-26-4)29-23(33)18-9-6-8-17(13-18)22-28-16(3)36-31-22/h6,8-9,13,19,26H,5,7,10-12,14H2,1-4H3,(H,29,33)(H,27,30,32)/t19-/m1/s1. The molecule has 2 amide bonds. The molecule has 0 aliphatic rings. The van der Waals surface area contributed by atoms with E-state index in [0.717, 1.165) is 30.7 Å². The molecule has 0 spiro atoms. The zero-order chi connectivity index (χ0) is 26.8. The molecule has 0 aliphatic heterocycles. The molecular weight excluding hydrogens is 496 g/mol. The summed E-state index contributed by atoms with van der Waals surface area (Å²) < 4.78 is 10.2. The van der Waals surface area contributed by atoms with Crippen LogP contribution in [0.5, 0.6) is 0 Å². The fourth-order valence-electron chi connectivity index (χ4n) is 3.53. The average molecular weight is 529 g/mol. The van der Waals surface area contributed by atoms with Crippen molar-refractivity contribution in [1.82, 2.24) is 25.8 Å². The van der Waals surface area contributed by atoms with Crippen molar-refractivity contribution in [2.75, 3.05) is 25.5 Å². The molecule has 0 bridgehead atoms. The highest BCUT2D eigenvalue weighted by molar-refractivity contribution is 7.17. The SMILES string of the molecule is CCCOC(=O)c1sc(NC(=O)C[C@@H](CCCNC)NC(=O)c2cccc(-c3noc(C)n3)c2)nc1C. The first kappa shape index (κ1) is 27.9. The van der Waals surface area contributed by atoms with Gasteiger partial charge >= 0.3 is 5.97 Å². The first-order chi connectivity index (χ1) is 17.8. The molecule has 12 heteroatoms. The van der Waals surface area contributed by atoms with Crippen molar-refractivity contribution in [2.45, 2.75) is 52.5 Å². The third-order valence-corrected chi connectivity index (χ3v) is 6.38. The third-order valence-electron chi connectivity index (χ3n) is 5.32. The van der Waals surface area contributed by atoms with Crippen molar-refractivity contribution in [3.63, 3.8) is 0 Å². The molecule has 2 aromatic heterocycles. The van der Waals surface area contributed by atoms with Crippen LogP contribution in [-0.2, 0) is 9.53 Å². The number of carbonyl (C=O) groups is 3. The Kier molecular flexibility index (Phi) is 10.3. The predicted molar refractivity (Wildman–Crippen MR) is 140 cm³/mol. The van der Waals surface area contributed by atoms with E-state index in [1.165, 1.54) is 0 Å². The van der Waals surface area contributed by atoms with Crippen LogP contribution in [0.25, 0.3) is 11.4 Å². The van der Waals surface area contributed by atoms with Gasteiger partial charge in [0.25, 0.3) is 5.91 Å². The van der Waals surface area contributed by atoms with Gasteiger partial charge in [-0.1, -0.05) is 35.5 Å². The lowest BCUT2D eigenvalue weighted by atomic mass is 10.1. The van der Waals surface area contributed by atoms with Crippen LogP contribution in [0.2, 0.25) is 0 Å². The number of nitrogens with zero attached hydrogens (tertiary/aromatic N) is 3. The number of anilines is 1. The first-order valence-corrected chi connectivity index (χ1v) is 12.9. The number of amides is 2. The number of aryl methyl sites for hydroxylation is 2. The van der Waals surface area contributed by atoms with Crippen molar-refractivity contribution < 1.29 is 23.6 Å². The number of carbonyl (C=O) groups excluding carboxylic acids is 3. The monoisotopic (exact) mass is 528 g/mol. The molecule has 1 atom stereocenters. The van der Waals surface area contributed by atoms with Crippen molar-refractivity contribution in [3.8, 4) is 11.4 Å². The van der Waals surface area contributed by atoms with Gasteiger partial charge in [0.15, 0.2) is 5.13 Å². The van der Waals surface area contributed by atoms with Crippen LogP contribution in [0.3, 0.4) is 0 Å². The fraction of sp³-hybridized carbons (Fsp3) is 0.440. The molecule has 3 N–H and O–H groups in total. The van der Waals surface area contributed by atoms with Crippen LogP contribution in [0.15, 0.2) is 28.8 Å². The van der Waals surface area contributed by atoms with Gasteiger partial charge in [-0.25, -0.2) is 9.78 Å². The molecule has 3 rings (SSSR count). The van der Waals surface area contributed by atoms with Crippen LogP contribution in [0.4, 0.5) is 5.13 Å². The summed E-state index contributed by atoms with van der Waals surface area (Å²) in [5.41, 5.74) is 1.57. The zero-order valence-corrected chi connectivity index (χ0v) is 22.2. The Morgan fingerprint density at radius 2 is 2.00 bits per heavy atom. The Hall–Kier alpha value is -3.64. The lowest BCUT2D eigenvalue weighted by molar-refractivity contribution is -0.116. The summed E-state index contributed by atoms with van der Waals surface area (Å²) in [5.74, 6) is -0.245. The smallest absolute Gasteiger partial charge is 0.350 e. The number of nitrogens with one attached hydrogen (secondary N) is 3. The second-order valence-electron chi connectivity index (χ2n) is 8.46. The predicted octanol–water partition coefficient (Wildman–Crippen LogP) is 3.50. The molecule has 2 heterocycles. The largest absolute Gasteiger partial charge is 0.461 e. The lowest BCUT2D eigenvalue weighted by Gasteiger charge is -2.18. The number of aromatic nitrogens is 3. The molecule has 37 heavy (non-hydrogen) atoms. The number of rotatable bonds is 13. The van der Waals surface area contributed by atoms with E-state index in [2.05, 4.69) is 31.1 Å². The topological polar surface area (TPSA) is 148 Å². The van der Waals surface area contributed by atoms with Gasteiger partial charge in [-0.05, 0) is 51.9 Å². The molecule has 3 aromatic rings. The van der Waals surface area contributed by atoms with Crippen molar-refractivity contribution in [2.24, 2.45) is 0 Å². The number of ether oxygens (including phenoxy) is 1. The van der Waals surface area contributed by atoms with Crippen LogP contribution in [0.1, 0.15) is 64.2 Å². The molecule has 0 fully saturated rings. The summed E-state index contributed by atoms with van der Waals surface area (Å²) in [6, 6.07) is 6.50. The first-order valence-electron chi connectivity index (χ1n) is 12.1. The Morgan fingerprint density at radius 1 is 1.19 bits per heavy atom. The van der Waals surface area contributed by atoms with Gasteiger partial charge in [0.05, 0.1) is 12.3 Å². The molecule has 198 valence electrons. The highest BCUT2D eigenvalue weighted by Crippen LogP contribution is 2.24. The van der Waals surface area contributed by atoms with Crippen LogP contribution in [0, 0.1) is 13.8 Å². The minimum Gasteiger partial charge on any atom is -0.461 e. The van der Waals surface area contributed by atoms with Gasteiger partial charge in [0, 0.05) is 30.5 Å². The van der Waals surface area contributed by atoms with Crippen molar-refractivity contribution >= 4 is 34.3 Å². The molecule has 0 aliphatic carbocycles. The zero-order valence-electron chi connectivity index (χ0n) is 21.4. The summed E-state index contributed by atoms with van der Waals surface area (Å²) in [6.07, 6.45) is 2.12. The normalized spacial score (nSPS) is 11.7. The second kappa shape index (κ2) is 13.6. The maximum Gasteiger partial charge on any atom is 0.350 e. The Bertz CT molecular complexity index is 1220. The fourth-order valence-corrected chi connectivity index (χ4v) is 4.41. The Balaban J connectivity index is 1.66. The highest BCUT2D eigenvalue weighted by Gasteiger charge is 2.21. The highest BCUT2D eigenvalue weighted by atomic mass is 32.1. The molecule has 11 nitrogen and oxygen atoms in total. The number of thiazole rings is 1. The summed E-state index contributed by atoms with van der Waals surface area (Å²) in [5, 5.41) is 13.0. The van der Waals surface area contributed by atoms with Crippen LogP contribution < -0.4 is 16.0 Å². The molecule has 0 unspecified atom stereocenters. The summed E-state index contributed by atoms with van der Waals surface area (Å²) >= 11 is 1.07. The second-order valence-corrected chi connectivity index (χ2v) is 9.45. The Labute approximate surface area is 219 Å². The van der Waals surface area contributed by atoms with Crippen LogP contribution >= 0.6 is 11.3 Å². The third kappa shape index (κ3) is 8.19. The Morgan fingerprint density at radius 3 is 2.70 bits per heavy atom. The minimum atomic E-state index is -0.451. The summed E-state index contributed by atoms with van der Waals surface area (Å²) in [6.45, 7) is 6.37.